The summed E-state index contributed by atoms with van der Waals surface area (Å²) in [5, 5.41) is 4.06. The maximum atomic E-state index is 6.34. The minimum Gasteiger partial charge on any atom is -0.455 e. The summed E-state index contributed by atoms with van der Waals surface area (Å²) in [6.45, 7) is 4.79. The Hall–Kier alpha value is -3.61. The zero-order valence-electron chi connectivity index (χ0n) is 20.6. The van der Waals surface area contributed by atoms with Crippen LogP contribution in [0.4, 0.5) is 17.3 Å². The van der Waals surface area contributed by atoms with Gasteiger partial charge in [0.05, 0.1) is 11.7 Å². The van der Waals surface area contributed by atoms with Crippen LogP contribution >= 0.6 is 11.6 Å². The third-order valence-electron chi connectivity index (χ3n) is 6.41. The van der Waals surface area contributed by atoms with E-state index in [9.17, 15) is 0 Å². The van der Waals surface area contributed by atoms with Gasteiger partial charge < -0.3 is 15.0 Å². The molecule has 0 aliphatic carbocycles. The van der Waals surface area contributed by atoms with Crippen molar-refractivity contribution < 1.29 is 4.74 Å². The number of hydrogen-bond donors (Lipinski definition) is 1. The molecule has 184 valence electrons. The zero-order valence-corrected chi connectivity index (χ0v) is 21.3. The van der Waals surface area contributed by atoms with Gasteiger partial charge in [-0.25, -0.2) is 9.97 Å². The van der Waals surface area contributed by atoms with Crippen LogP contribution in [-0.4, -0.2) is 41.5 Å². The Morgan fingerprint density at radius 1 is 0.944 bits per heavy atom. The minimum absolute atomic E-state index is 0.301. The third kappa shape index (κ3) is 5.61. The van der Waals surface area contributed by atoms with E-state index in [-0.39, 0.29) is 0 Å². The molecule has 1 fully saturated rings. The summed E-state index contributed by atoms with van der Waals surface area (Å²) in [4.78, 5) is 14.4. The summed E-state index contributed by atoms with van der Waals surface area (Å²) in [6, 6.07) is 28.2. The molecule has 3 aromatic carbocycles. The van der Waals surface area contributed by atoms with E-state index in [1.807, 2.05) is 54.6 Å². The molecule has 1 atom stereocenters. The number of nitrogens with zero attached hydrogens (tertiary/aromatic N) is 4. The predicted octanol–water partition coefficient (Wildman–Crippen LogP) is 6.72. The van der Waals surface area contributed by atoms with Crippen molar-refractivity contribution in [2.45, 2.75) is 19.4 Å². The van der Waals surface area contributed by atoms with Crippen LogP contribution in [-0.2, 0) is 6.42 Å². The lowest BCUT2D eigenvalue weighted by atomic mass is 10.0. The quantitative estimate of drug-likeness (QED) is 0.304. The van der Waals surface area contributed by atoms with Crippen LogP contribution < -0.4 is 15.0 Å². The van der Waals surface area contributed by atoms with Crippen molar-refractivity contribution in [1.29, 1.82) is 0 Å². The van der Waals surface area contributed by atoms with Crippen LogP contribution in [0.5, 0.6) is 11.5 Å². The molecule has 7 heteroatoms. The fraction of sp³-hybridized carbons (Fsp3) is 0.241. The van der Waals surface area contributed by atoms with Gasteiger partial charge in [0.1, 0.15) is 23.2 Å². The zero-order chi connectivity index (χ0) is 24.9. The monoisotopic (exact) mass is 499 g/mol. The lowest BCUT2D eigenvalue weighted by molar-refractivity contribution is 0.220. The van der Waals surface area contributed by atoms with E-state index in [1.54, 1.807) is 0 Å². The molecule has 0 saturated carbocycles. The van der Waals surface area contributed by atoms with E-state index < -0.39 is 0 Å². The number of likely N-dealkylation sites (N-methyl/N-ethyl adjacent to an activating group) is 1. The highest BCUT2D eigenvalue weighted by atomic mass is 35.5. The molecule has 1 aliphatic heterocycles. The van der Waals surface area contributed by atoms with Crippen molar-refractivity contribution >= 4 is 28.9 Å². The van der Waals surface area contributed by atoms with E-state index >= 15 is 0 Å². The Balaban J connectivity index is 1.42. The highest BCUT2D eigenvalue weighted by Crippen LogP contribution is 2.35. The molecule has 0 radical (unpaired) electrons. The van der Waals surface area contributed by atoms with E-state index in [0.717, 1.165) is 49.1 Å². The Morgan fingerprint density at radius 3 is 2.44 bits per heavy atom. The molecule has 1 unspecified atom stereocenters. The fourth-order valence-electron chi connectivity index (χ4n) is 4.43. The number of halogens is 1. The van der Waals surface area contributed by atoms with Gasteiger partial charge in [0.25, 0.3) is 0 Å². The molecule has 1 aromatic heterocycles. The molecule has 2 heterocycles. The van der Waals surface area contributed by atoms with Crippen LogP contribution in [0.3, 0.4) is 0 Å². The summed E-state index contributed by atoms with van der Waals surface area (Å²) >= 11 is 6.34. The molecular weight excluding hydrogens is 470 g/mol. The van der Waals surface area contributed by atoms with Crippen molar-refractivity contribution in [3.8, 4) is 11.5 Å². The SMILES string of the molecule is CCc1nc(Nc2cc(Cl)ccc2Oc2ccccc2)cc(N2CCN(C)C(c3ccccc3)C2)n1. The Morgan fingerprint density at radius 2 is 1.69 bits per heavy atom. The maximum absolute atomic E-state index is 6.34. The molecule has 6 nitrogen and oxygen atoms in total. The first kappa shape index (κ1) is 24.1. The second kappa shape index (κ2) is 11.0. The summed E-state index contributed by atoms with van der Waals surface area (Å²) < 4.78 is 6.13. The first-order valence-corrected chi connectivity index (χ1v) is 12.6. The molecule has 4 aromatic rings. The van der Waals surface area contributed by atoms with Gasteiger partial charge in [-0.15, -0.1) is 0 Å². The van der Waals surface area contributed by atoms with E-state index in [0.29, 0.717) is 22.6 Å². The van der Waals surface area contributed by atoms with Gasteiger partial charge in [0.15, 0.2) is 5.75 Å². The number of nitrogens with one attached hydrogen (secondary N) is 1. The van der Waals surface area contributed by atoms with Gasteiger partial charge in [-0.3, -0.25) is 4.90 Å². The van der Waals surface area contributed by atoms with E-state index in [4.69, 9.17) is 26.3 Å². The number of anilines is 3. The maximum Gasteiger partial charge on any atom is 0.151 e. The number of aromatic nitrogens is 2. The Labute approximate surface area is 217 Å². The largest absolute Gasteiger partial charge is 0.455 e. The lowest BCUT2D eigenvalue weighted by Crippen LogP contribution is -2.47. The lowest BCUT2D eigenvalue weighted by Gasteiger charge is -2.40. The van der Waals surface area contributed by atoms with Gasteiger partial charge in [-0.05, 0) is 42.9 Å². The highest BCUT2D eigenvalue weighted by molar-refractivity contribution is 6.31. The second-order valence-corrected chi connectivity index (χ2v) is 9.35. The molecule has 0 spiro atoms. The molecule has 36 heavy (non-hydrogen) atoms. The smallest absolute Gasteiger partial charge is 0.151 e. The standard InChI is InChI=1S/C29H30ClN5O/c1-3-27-32-28(31-24-18-22(30)14-15-26(24)36-23-12-8-5-9-13-23)19-29(33-27)35-17-16-34(2)25(20-35)21-10-6-4-7-11-21/h4-15,18-19,25H,3,16-17,20H2,1-2H3,(H,31,32,33). The topological polar surface area (TPSA) is 53.5 Å². The van der Waals surface area contributed by atoms with Crippen molar-refractivity contribution in [3.63, 3.8) is 0 Å². The summed E-state index contributed by atoms with van der Waals surface area (Å²) in [5.74, 6) is 3.85. The number of para-hydroxylation sites is 1. The average molecular weight is 500 g/mol. The minimum atomic E-state index is 0.301. The third-order valence-corrected chi connectivity index (χ3v) is 6.64. The van der Waals surface area contributed by atoms with Crippen molar-refractivity contribution in [3.05, 3.63) is 101 Å². The van der Waals surface area contributed by atoms with Crippen LogP contribution in [0.15, 0.2) is 84.9 Å². The van der Waals surface area contributed by atoms with Gasteiger partial charge in [0.2, 0.25) is 0 Å². The number of hydrogen-bond acceptors (Lipinski definition) is 6. The molecule has 1 N–H and O–H groups in total. The molecule has 0 bridgehead atoms. The predicted molar refractivity (Wildman–Crippen MR) is 147 cm³/mol. The summed E-state index contributed by atoms with van der Waals surface area (Å²) in [7, 11) is 2.19. The van der Waals surface area contributed by atoms with Gasteiger partial charge in [-0.2, -0.15) is 0 Å². The molecule has 1 saturated heterocycles. The molecular formula is C29H30ClN5O. The first-order chi connectivity index (χ1) is 17.6. The van der Waals surface area contributed by atoms with Gasteiger partial charge in [0, 0.05) is 37.1 Å². The number of rotatable bonds is 7. The summed E-state index contributed by atoms with van der Waals surface area (Å²) in [5.41, 5.74) is 2.06. The van der Waals surface area contributed by atoms with Crippen molar-refractivity contribution in [1.82, 2.24) is 14.9 Å². The molecule has 1 aliphatic rings. The average Bonchev–Trinajstić information content (AvgIpc) is 2.91. The molecule has 0 amide bonds. The Bertz CT molecular complexity index is 1300. The second-order valence-electron chi connectivity index (χ2n) is 8.91. The Kier molecular flexibility index (Phi) is 7.35. The number of ether oxygens (including phenoxy) is 1. The van der Waals surface area contributed by atoms with Crippen LogP contribution in [0.1, 0.15) is 24.4 Å². The summed E-state index contributed by atoms with van der Waals surface area (Å²) in [6.07, 6.45) is 0.737. The highest BCUT2D eigenvalue weighted by Gasteiger charge is 2.27. The van der Waals surface area contributed by atoms with E-state index in [1.165, 1.54) is 5.56 Å². The van der Waals surface area contributed by atoms with Gasteiger partial charge in [-0.1, -0.05) is 67.1 Å². The van der Waals surface area contributed by atoms with E-state index in [2.05, 4.69) is 59.4 Å². The fourth-order valence-corrected chi connectivity index (χ4v) is 4.60. The number of piperazine rings is 1. The van der Waals surface area contributed by atoms with Crippen LogP contribution in [0.2, 0.25) is 5.02 Å². The van der Waals surface area contributed by atoms with Gasteiger partial charge >= 0.3 is 0 Å². The normalized spacial score (nSPS) is 16.1. The van der Waals surface area contributed by atoms with Crippen molar-refractivity contribution in [2.75, 3.05) is 36.9 Å². The van der Waals surface area contributed by atoms with Crippen LogP contribution in [0.25, 0.3) is 0 Å². The first-order valence-electron chi connectivity index (χ1n) is 12.3. The van der Waals surface area contributed by atoms with Crippen LogP contribution in [0, 0.1) is 0 Å². The number of benzene rings is 3. The van der Waals surface area contributed by atoms with Crippen molar-refractivity contribution in [2.24, 2.45) is 0 Å². The number of aryl methyl sites for hydroxylation is 1. The molecule has 5 rings (SSSR count).